The van der Waals surface area contributed by atoms with Gasteiger partial charge in [-0.2, -0.15) is 0 Å². The summed E-state index contributed by atoms with van der Waals surface area (Å²) in [5.41, 5.74) is 0. The molecule has 1 aliphatic rings. The van der Waals surface area contributed by atoms with E-state index in [1.54, 1.807) is 0 Å². The fraction of sp³-hybridized carbons (Fsp3) is 0.500. The van der Waals surface area contributed by atoms with Gasteiger partial charge in [0.25, 0.3) is 0 Å². The Kier molecular flexibility index (Phi) is 5.31. The van der Waals surface area contributed by atoms with E-state index < -0.39 is 10.0 Å². The normalized spacial score (nSPS) is 22.9. The number of hydrogen-bond acceptors (Lipinski definition) is 2. The molecule has 0 aliphatic heterocycles. The summed E-state index contributed by atoms with van der Waals surface area (Å²) in [7, 11) is -2.17. The van der Waals surface area contributed by atoms with Crippen LogP contribution in [0.1, 0.15) is 12.8 Å². The highest BCUT2D eigenvalue weighted by molar-refractivity contribution is 9.10. The maximum Gasteiger partial charge on any atom is 0.245 e. The number of nitrogens with zero attached hydrogens (tertiary/aromatic N) is 1. The van der Waals surface area contributed by atoms with Gasteiger partial charge in [0.05, 0.1) is 10.0 Å². The summed E-state index contributed by atoms with van der Waals surface area (Å²) in [5.74, 6) is 0.297. The summed E-state index contributed by atoms with van der Waals surface area (Å²) >= 11 is 21.2. The summed E-state index contributed by atoms with van der Waals surface area (Å²) in [6, 6.07) is 3.04. The van der Waals surface area contributed by atoms with Gasteiger partial charge in [-0.25, -0.2) is 12.7 Å². The van der Waals surface area contributed by atoms with Crippen LogP contribution in [0.15, 0.2) is 21.5 Å². The van der Waals surface area contributed by atoms with E-state index in [1.807, 2.05) is 0 Å². The SMILES string of the molecule is CN(CC1CC(Cl)C1)S(=O)(=O)c1c(Cl)cc(Br)cc1Cl. The van der Waals surface area contributed by atoms with Crippen LogP contribution in [0.4, 0.5) is 0 Å². The van der Waals surface area contributed by atoms with E-state index in [4.69, 9.17) is 34.8 Å². The van der Waals surface area contributed by atoms with Crippen LogP contribution in [0.5, 0.6) is 0 Å². The maximum absolute atomic E-state index is 12.6. The van der Waals surface area contributed by atoms with Gasteiger partial charge < -0.3 is 0 Å². The van der Waals surface area contributed by atoms with Gasteiger partial charge >= 0.3 is 0 Å². The molecule has 0 radical (unpaired) electrons. The first-order valence-electron chi connectivity index (χ1n) is 5.96. The maximum atomic E-state index is 12.6. The molecule has 0 atom stereocenters. The summed E-state index contributed by atoms with van der Waals surface area (Å²) in [6.07, 6.45) is 1.67. The van der Waals surface area contributed by atoms with Crippen molar-refractivity contribution in [3.8, 4) is 0 Å². The van der Waals surface area contributed by atoms with Crippen molar-refractivity contribution in [1.29, 1.82) is 0 Å². The number of halogens is 4. The molecule has 0 heterocycles. The molecule has 1 aromatic rings. The van der Waals surface area contributed by atoms with Gasteiger partial charge in [0.15, 0.2) is 0 Å². The van der Waals surface area contributed by atoms with Crippen molar-refractivity contribution in [2.24, 2.45) is 5.92 Å². The molecule has 0 bridgehead atoms. The zero-order valence-electron chi connectivity index (χ0n) is 10.6. The van der Waals surface area contributed by atoms with E-state index in [-0.39, 0.29) is 20.3 Å². The lowest BCUT2D eigenvalue weighted by Crippen LogP contribution is -2.38. The number of hydrogen-bond donors (Lipinski definition) is 0. The molecule has 8 heteroatoms. The number of alkyl halides is 1. The molecule has 0 saturated heterocycles. The summed E-state index contributed by atoms with van der Waals surface area (Å²) in [4.78, 5) is -0.0479. The fourth-order valence-corrected chi connectivity index (χ4v) is 5.82. The van der Waals surface area contributed by atoms with Gasteiger partial charge in [0.2, 0.25) is 10.0 Å². The first-order chi connectivity index (χ1) is 9.21. The molecule has 3 nitrogen and oxygen atoms in total. The van der Waals surface area contributed by atoms with E-state index in [1.165, 1.54) is 23.5 Å². The lowest BCUT2D eigenvalue weighted by molar-refractivity contribution is 0.268. The first kappa shape index (κ1) is 16.8. The van der Waals surface area contributed by atoms with Gasteiger partial charge in [-0.05, 0) is 30.9 Å². The molecule has 1 aromatic carbocycles. The predicted molar refractivity (Wildman–Crippen MR) is 86.3 cm³/mol. The van der Waals surface area contributed by atoms with Crippen LogP contribution in [0.25, 0.3) is 0 Å². The van der Waals surface area contributed by atoms with E-state index >= 15 is 0 Å². The van der Waals surface area contributed by atoms with Crippen LogP contribution in [-0.4, -0.2) is 31.7 Å². The molecular formula is C12H13BrCl3NO2S. The highest BCUT2D eigenvalue weighted by Gasteiger charge is 2.33. The van der Waals surface area contributed by atoms with Gasteiger partial charge in [0.1, 0.15) is 4.90 Å². The molecule has 0 N–H and O–H groups in total. The van der Waals surface area contributed by atoms with E-state index in [0.29, 0.717) is 16.9 Å². The average Bonchev–Trinajstić information content (AvgIpc) is 2.24. The van der Waals surface area contributed by atoms with Crippen molar-refractivity contribution in [3.05, 3.63) is 26.7 Å². The Morgan fingerprint density at radius 1 is 1.30 bits per heavy atom. The zero-order valence-corrected chi connectivity index (χ0v) is 15.3. The molecule has 112 valence electrons. The lowest BCUT2D eigenvalue weighted by atomic mass is 9.85. The van der Waals surface area contributed by atoms with Gasteiger partial charge in [-0.1, -0.05) is 39.1 Å². The highest BCUT2D eigenvalue weighted by Crippen LogP contribution is 2.37. The van der Waals surface area contributed by atoms with Crippen LogP contribution in [0.2, 0.25) is 10.0 Å². The van der Waals surface area contributed by atoms with Crippen molar-refractivity contribution in [2.45, 2.75) is 23.1 Å². The van der Waals surface area contributed by atoms with Crippen molar-refractivity contribution < 1.29 is 8.42 Å². The minimum Gasteiger partial charge on any atom is -0.207 e. The molecule has 20 heavy (non-hydrogen) atoms. The Hall–Kier alpha value is 0.480. The number of benzene rings is 1. The first-order valence-corrected chi connectivity index (χ1v) is 9.39. The summed E-state index contributed by atoms with van der Waals surface area (Å²) < 4.78 is 27.0. The Morgan fingerprint density at radius 3 is 2.25 bits per heavy atom. The Labute approximate surface area is 142 Å². The molecule has 1 aliphatic carbocycles. The Balaban J connectivity index is 2.26. The van der Waals surface area contributed by atoms with E-state index in [9.17, 15) is 8.42 Å². The van der Waals surface area contributed by atoms with Crippen molar-refractivity contribution >= 4 is 60.8 Å². The standard InChI is InChI=1S/C12H13BrCl3NO2S/c1-17(6-7-2-9(14)3-7)20(18,19)12-10(15)4-8(13)5-11(12)16/h4-5,7,9H,2-3,6H2,1H3. The second-order valence-electron chi connectivity index (χ2n) is 4.92. The minimum atomic E-state index is -3.70. The highest BCUT2D eigenvalue weighted by atomic mass is 79.9. The van der Waals surface area contributed by atoms with E-state index in [0.717, 1.165) is 12.8 Å². The quantitative estimate of drug-likeness (QED) is 0.676. The third kappa shape index (κ3) is 3.45. The van der Waals surface area contributed by atoms with Crippen LogP contribution >= 0.6 is 50.7 Å². The average molecular weight is 422 g/mol. The van der Waals surface area contributed by atoms with Crippen LogP contribution in [0, 0.1) is 5.92 Å². The second-order valence-corrected chi connectivity index (χ2v) is 9.25. The molecule has 1 fully saturated rings. The third-order valence-corrected chi connectivity index (χ3v) is 6.88. The van der Waals surface area contributed by atoms with Crippen molar-refractivity contribution in [2.75, 3.05) is 13.6 Å². The monoisotopic (exact) mass is 419 g/mol. The summed E-state index contributed by atoms with van der Waals surface area (Å²) in [5, 5.41) is 0.385. The molecule has 1 saturated carbocycles. The lowest BCUT2D eigenvalue weighted by Gasteiger charge is -2.33. The van der Waals surface area contributed by atoms with E-state index in [2.05, 4.69) is 15.9 Å². The Bertz CT molecular complexity index is 594. The largest absolute Gasteiger partial charge is 0.245 e. The second kappa shape index (κ2) is 6.31. The topological polar surface area (TPSA) is 37.4 Å². The van der Waals surface area contributed by atoms with Crippen LogP contribution < -0.4 is 0 Å². The molecular weight excluding hydrogens is 408 g/mol. The van der Waals surface area contributed by atoms with Crippen molar-refractivity contribution in [1.82, 2.24) is 4.31 Å². The molecule has 0 aromatic heterocycles. The van der Waals surface area contributed by atoms with Gasteiger partial charge in [-0.3, -0.25) is 0 Å². The molecule has 0 spiro atoms. The number of rotatable bonds is 4. The minimum absolute atomic E-state index is 0.0479. The van der Waals surface area contributed by atoms with Gasteiger partial charge in [0, 0.05) is 23.4 Å². The summed E-state index contributed by atoms with van der Waals surface area (Å²) in [6.45, 7) is 0.425. The molecule has 0 amide bonds. The van der Waals surface area contributed by atoms with Crippen LogP contribution in [-0.2, 0) is 10.0 Å². The number of sulfonamides is 1. The van der Waals surface area contributed by atoms with Crippen LogP contribution in [0.3, 0.4) is 0 Å². The predicted octanol–water partition coefficient (Wildman–Crippen LogP) is 4.39. The fourth-order valence-electron chi connectivity index (χ4n) is 2.20. The smallest absolute Gasteiger partial charge is 0.207 e. The van der Waals surface area contributed by atoms with Crippen molar-refractivity contribution in [3.63, 3.8) is 0 Å². The third-order valence-electron chi connectivity index (χ3n) is 3.32. The molecule has 2 rings (SSSR count). The van der Waals surface area contributed by atoms with Gasteiger partial charge in [-0.15, -0.1) is 11.6 Å². The Morgan fingerprint density at radius 2 is 1.80 bits per heavy atom. The zero-order chi connectivity index (χ0) is 15.1. The molecule has 0 unspecified atom stereocenters.